The van der Waals surface area contributed by atoms with Gasteiger partial charge in [-0.15, -0.1) is 0 Å². The molecule has 52 valence electrons. The summed E-state index contributed by atoms with van der Waals surface area (Å²) < 4.78 is 0. The third-order valence-electron chi connectivity index (χ3n) is 1.51. The number of hydrogen-bond acceptors (Lipinski definition) is 1. The van der Waals surface area contributed by atoms with Crippen molar-refractivity contribution >= 4 is 37.6 Å². The smallest absolute Gasteiger partial charge is 0.147 e. The molecule has 1 fully saturated rings. The second-order valence-corrected chi connectivity index (χ2v) is 4.71. The fourth-order valence-corrected chi connectivity index (χ4v) is 1.97. The molecule has 1 rings (SSSR count). The minimum absolute atomic E-state index is 0.131. The molecule has 0 heterocycles. The summed E-state index contributed by atoms with van der Waals surface area (Å²) in [7, 11) is 0. The van der Waals surface area contributed by atoms with Crippen molar-refractivity contribution in [1.82, 2.24) is 0 Å². The highest BCUT2D eigenvalue weighted by Crippen LogP contribution is 2.25. The van der Waals surface area contributed by atoms with E-state index < -0.39 is 0 Å². The van der Waals surface area contributed by atoms with E-state index in [9.17, 15) is 4.79 Å². The monoisotopic (exact) mass is 254 g/mol. The van der Waals surface area contributed by atoms with Crippen LogP contribution in [0.25, 0.3) is 0 Å². The number of alkyl halides is 2. The topological polar surface area (TPSA) is 17.1 Å². The van der Waals surface area contributed by atoms with Crippen molar-refractivity contribution in [2.45, 2.75) is 28.9 Å². The summed E-state index contributed by atoms with van der Waals surface area (Å²) in [6, 6.07) is 0. The van der Waals surface area contributed by atoms with E-state index in [0.29, 0.717) is 17.0 Å². The van der Waals surface area contributed by atoms with Crippen molar-refractivity contribution in [2.24, 2.45) is 0 Å². The van der Waals surface area contributed by atoms with Gasteiger partial charge in [0.1, 0.15) is 5.78 Å². The zero-order chi connectivity index (χ0) is 6.85. The molecular weight excluding hydrogens is 248 g/mol. The van der Waals surface area contributed by atoms with E-state index in [1.807, 2.05) is 0 Å². The van der Waals surface area contributed by atoms with Gasteiger partial charge in [0.05, 0.1) is 4.83 Å². The number of Topliss-reactive ketones (excluding diaryl/α,β-unsaturated/α-hetero) is 1. The second kappa shape index (κ2) is 3.15. The Morgan fingerprint density at radius 1 is 1.33 bits per heavy atom. The number of rotatable bonds is 0. The molecule has 0 aromatic heterocycles. The molecule has 1 nitrogen and oxygen atoms in total. The Bertz CT molecular complexity index is 124. The van der Waals surface area contributed by atoms with Gasteiger partial charge >= 0.3 is 0 Å². The Labute approximate surface area is 71.5 Å². The van der Waals surface area contributed by atoms with Gasteiger partial charge in [0, 0.05) is 11.2 Å². The zero-order valence-electron chi connectivity index (χ0n) is 4.94. The van der Waals surface area contributed by atoms with Crippen molar-refractivity contribution in [2.75, 3.05) is 0 Å². The van der Waals surface area contributed by atoms with Gasteiger partial charge in [-0.25, -0.2) is 0 Å². The molecule has 0 bridgehead atoms. The minimum atomic E-state index is 0.131. The summed E-state index contributed by atoms with van der Waals surface area (Å²) in [6.45, 7) is 0. The van der Waals surface area contributed by atoms with E-state index in [1.165, 1.54) is 0 Å². The summed E-state index contributed by atoms with van der Waals surface area (Å²) in [4.78, 5) is 11.5. The number of carbonyl (C=O) groups is 1. The van der Waals surface area contributed by atoms with Crippen LogP contribution >= 0.6 is 31.9 Å². The Morgan fingerprint density at radius 3 is 2.44 bits per heavy atom. The van der Waals surface area contributed by atoms with Crippen LogP contribution in [0.4, 0.5) is 0 Å². The molecule has 0 aliphatic heterocycles. The fourth-order valence-electron chi connectivity index (χ4n) is 0.936. The molecule has 0 aromatic carbocycles. The Morgan fingerprint density at radius 2 is 2.00 bits per heavy atom. The van der Waals surface area contributed by atoms with Crippen molar-refractivity contribution < 1.29 is 4.79 Å². The van der Waals surface area contributed by atoms with Crippen molar-refractivity contribution in [1.29, 1.82) is 0 Å². The average molecular weight is 256 g/mol. The van der Waals surface area contributed by atoms with E-state index >= 15 is 0 Å². The minimum Gasteiger partial charge on any atom is -0.298 e. The molecule has 0 amide bonds. The van der Waals surface area contributed by atoms with Crippen LogP contribution in [-0.2, 0) is 4.79 Å². The number of ketones is 1. The van der Waals surface area contributed by atoms with Crippen molar-refractivity contribution in [3.63, 3.8) is 0 Å². The second-order valence-electron chi connectivity index (χ2n) is 2.31. The Hall–Kier alpha value is 0.630. The maximum atomic E-state index is 10.9. The standard InChI is InChI=1S/C6H8Br2O/c7-4-1-2-5(8)6(9)3-4/h4-5H,1-3H2. The fraction of sp³-hybridized carbons (Fsp3) is 0.833. The van der Waals surface area contributed by atoms with Gasteiger partial charge in [0.2, 0.25) is 0 Å². The van der Waals surface area contributed by atoms with Crippen LogP contribution < -0.4 is 0 Å². The predicted molar refractivity (Wildman–Crippen MR) is 44.3 cm³/mol. The maximum Gasteiger partial charge on any atom is 0.147 e. The van der Waals surface area contributed by atoms with Gasteiger partial charge in [-0.1, -0.05) is 31.9 Å². The van der Waals surface area contributed by atoms with E-state index in [-0.39, 0.29) is 4.83 Å². The van der Waals surface area contributed by atoms with E-state index in [0.717, 1.165) is 12.8 Å². The quantitative estimate of drug-likeness (QED) is 0.607. The van der Waals surface area contributed by atoms with Gasteiger partial charge in [-0.2, -0.15) is 0 Å². The molecule has 0 saturated heterocycles. The molecular formula is C6H8Br2O. The van der Waals surface area contributed by atoms with Gasteiger partial charge < -0.3 is 0 Å². The van der Waals surface area contributed by atoms with Crippen molar-refractivity contribution in [3.05, 3.63) is 0 Å². The van der Waals surface area contributed by atoms with Gasteiger partial charge in [-0.05, 0) is 12.8 Å². The van der Waals surface area contributed by atoms with Crippen LogP contribution in [0.3, 0.4) is 0 Å². The van der Waals surface area contributed by atoms with Gasteiger partial charge in [-0.3, -0.25) is 4.79 Å². The van der Waals surface area contributed by atoms with Crippen LogP contribution in [-0.4, -0.2) is 15.4 Å². The first-order valence-electron chi connectivity index (χ1n) is 3.01. The average Bonchev–Trinajstić information content (AvgIpc) is 1.80. The lowest BCUT2D eigenvalue weighted by molar-refractivity contribution is -0.119. The van der Waals surface area contributed by atoms with Crippen LogP contribution in [0.2, 0.25) is 0 Å². The lowest BCUT2D eigenvalue weighted by Gasteiger charge is -2.18. The molecule has 0 spiro atoms. The normalized spacial score (nSPS) is 36.9. The third-order valence-corrected chi connectivity index (χ3v) is 3.26. The first kappa shape index (κ1) is 7.73. The molecule has 1 aliphatic rings. The highest BCUT2D eigenvalue weighted by molar-refractivity contribution is 9.10. The molecule has 0 N–H and O–H groups in total. The first-order valence-corrected chi connectivity index (χ1v) is 4.84. The Kier molecular flexibility index (Phi) is 2.71. The van der Waals surface area contributed by atoms with E-state index in [1.54, 1.807) is 0 Å². The summed E-state index contributed by atoms with van der Waals surface area (Å²) in [6.07, 6.45) is 2.78. The molecule has 2 atom stereocenters. The highest BCUT2D eigenvalue weighted by atomic mass is 79.9. The zero-order valence-corrected chi connectivity index (χ0v) is 8.11. The third kappa shape index (κ3) is 2.04. The summed E-state index contributed by atoms with van der Waals surface area (Å²) in [5.41, 5.74) is 0. The highest BCUT2D eigenvalue weighted by Gasteiger charge is 2.24. The lowest BCUT2D eigenvalue weighted by atomic mass is 9.99. The SMILES string of the molecule is O=C1CC(Br)CCC1Br. The van der Waals surface area contributed by atoms with E-state index in [4.69, 9.17) is 0 Å². The molecule has 3 heteroatoms. The van der Waals surface area contributed by atoms with Gasteiger partial charge in [0.25, 0.3) is 0 Å². The van der Waals surface area contributed by atoms with Gasteiger partial charge in [0.15, 0.2) is 0 Å². The van der Waals surface area contributed by atoms with Crippen LogP contribution in [0, 0.1) is 0 Å². The molecule has 2 unspecified atom stereocenters. The van der Waals surface area contributed by atoms with Crippen LogP contribution in [0.1, 0.15) is 19.3 Å². The molecule has 0 radical (unpaired) electrons. The first-order chi connectivity index (χ1) is 4.20. The largest absolute Gasteiger partial charge is 0.298 e. The molecule has 9 heavy (non-hydrogen) atoms. The van der Waals surface area contributed by atoms with Crippen molar-refractivity contribution in [3.8, 4) is 0 Å². The molecule has 1 saturated carbocycles. The number of halogens is 2. The predicted octanol–water partition coefficient (Wildman–Crippen LogP) is 2.27. The van der Waals surface area contributed by atoms with E-state index in [2.05, 4.69) is 31.9 Å². The summed E-state index contributed by atoms with van der Waals surface area (Å²) in [5, 5.41) is 0. The maximum absolute atomic E-state index is 10.9. The van der Waals surface area contributed by atoms with Crippen LogP contribution in [0.5, 0.6) is 0 Å². The van der Waals surface area contributed by atoms with Crippen LogP contribution in [0.15, 0.2) is 0 Å². The summed E-state index contributed by atoms with van der Waals surface area (Å²) >= 11 is 6.73. The summed E-state index contributed by atoms with van der Waals surface area (Å²) in [5.74, 6) is 0.336. The lowest BCUT2D eigenvalue weighted by Crippen LogP contribution is -2.24. The molecule has 1 aliphatic carbocycles. The number of carbonyl (C=O) groups excluding carboxylic acids is 1. The number of hydrogen-bond donors (Lipinski definition) is 0. The molecule has 0 aromatic rings. The Balaban J connectivity index is 2.44.